The molecule has 7 heteroatoms. The number of Topliss-reactive ketones (excluding diaryl/α,β-unsaturated/α-hetero) is 1. The van der Waals surface area contributed by atoms with Gasteiger partial charge in [-0.15, -0.1) is 0 Å². The fraction of sp³-hybridized carbons (Fsp3) is 0.115. The lowest BCUT2D eigenvalue weighted by Crippen LogP contribution is -2.29. The summed E-state index contributed by atoms with van der Waals surface area (Å²) in [4.78, 5) is 31.5. The maximum absolute atomic E-state index is 13.6. The minimum atomic E-state index is -0.887. The number of aliphatic hydroxyl groups excluding tert-OH is 1. The van der Waals surface area contributed by atoms with Crippen LogP contribution in [0, 0.1) is 5.82 Å². The molecule has 0 bridgehead atoms. The van der Waals surface area contributed by atoms with Gasteiger partial charge in [-0.2, -0.15) is 0 Å². The lowest BCUT2D eigenvalue weighted by molar-refractivity contribution is -0.140. The minimum Gasteiger partial charge on any atom is -0.507 e. The van der Waals surface area contributed by atoms with Crippen molar-refractivity contribution in [1.82, 2.24) is 9.88 Å². The van der Waals surface area contributed by atoms with E-state index in [0.717, 1.165) is 5.56 Å². The number of rotatable bonds is 7. The lowest BCUT2D eigenvalue weighted by Gasteiger charge is -2.25. The third kappa shape index (κ3) is 4.52. The van der Waals surface area contributed by atoms with E-state index in [1.54, 1.807) is 54.9 Å². The van der Waals surface area contributed by atoms with Crippen molar-refractivity contribution in [3.63, 3.8) is 0 Å². The molecule has 1 fully saturated rings. The normalized spacial score (nSPS) is 17.2. The van der Waals surface area contributed by atoms with E-state index in [0.29, 0.717) is 23.5 Å². The molecule has 0 aliphatic carbocycles. The van der Waals surface area contributed by atoms with Gasteiger partial charge in [-0.3, -0.25) is 14.6 Å². The summed E-state index contributed by atoms with van der Waals surface area (Å²) in [6.07, 6.45) is 4.82. The summed E-state index contributed by atoms with van der Waals surface area (Å²) < 4.78 is 19.0. The zero-order valence-electron chi connectivity index (χ0n) is 17.6. The number of carbonyl (C=O) groups excluding carboxylic acids is 2. The average molecular weight is 444 g/mol. The van der Waals surface area contributed by atoms with E-state index >= 15 is 0 Å². The van der Waals surface area contributed by atoms with Gasteiger partial charge in [0.1, 0.15) is 23.9 Å². The van der Waals surface area contributed by atoms with Gasteiger partial charge >= 0.3 is 0 Å². The molecule has 6 nitrogen and oxygen atoms in total. The molecule has 0 saturated carbocycles. The highest BCUT2D eigenvalue weighted by molar-refractivity contribution is 6.46. The van der Waals surface area contributed by atoms with Gasteiger partial charge in [0.25, 0.3) is 11.7 Å². The summed E-state index contributed by atoms with van der Waals surface area (Å²) >= 11 is 0. The van der Waals surface area contributed by atoms with Crippen LogP contribution in [0.3, 0.4) is 0 Å². The molecule has 2 aromatic carbocycles. The Hall–Kier alpha value is -4.26. The zero-order valence-corrected chi connectivity index (χ0v) is 17.6. The molecular formula is C26H21FN2O4. The highest BCUT2D eigenvalue weighted by Gasteiger charge is 2.46. The first kappa shape index (κ1) is 22.0. The van der Waals surface area contributed by atoms with Gasteiger partial charge in [-0.1, -0.05) is 30.9 Å². The van der Waals surface area contributed by atoms with Gasteiger partial charge in [0.05, 0.1) is 11.6 Å². The third-order valence-corrected chi connectivity index (χ3v) is 5.30. The summed E-state index contributed by atoms with van der Waals surface area (Å²) in [6.45, 7) is 4.03. The molecular weight excluding hydrogens is 423 g/mol. The Balaban J connectivity index is 1.78. The van der Waals surface area contributed by atoms with Crippen LogP contribution in [0.15, 0.2) is 91.3 Å². The Labute approximate surface area is 190 Å². The summed E-state index contributed by atoms with van der Waals surface area (Å²) in [5.74, 6) is -1.75. The number of carbonyl (C=O) groups is 2. The maximum atomic E-state index is 13.6. The van der Waals surface area contributed by atoms with E-state index in [4.69, 9.17) is 4.74 Å². The fourth-order valence-electron chi connectivity index (χ4n) is 3.74. The monoisotopic (exact) mass is 444 g/mol. The summed E-state index contributed by atoms with van der Waals surface area (Å²) in [6, 6.07) is 14.6. The van der Waals surface area contributed by atoms with E-state index in [2.05, 4.69) is 11.6 Å². The predicted molar refractivity (Wildman–Crippen MR) is 121 cm³/mol. The lowest BCUT2D eigenvalue weighted by atomic mass is 9.95. The second kappa shape index (κ2) is 9.48. The standard InChI is InChI=1S/C26H21FN2O4/c1-2-14-33-21-11-7-19(8-12-21)24(30)22-23(18-5-9-20(27)10-6-18)29(26(32)25(22)31)16-17-4-3-13-28-15-17/h2-13,15,23,30H,1,14,16H2/b24-22+/t23-/m1/s1. The summed E-state index contributed by atoms with van der Waals surface area (Å²) in [7, 11) is 0. The number of benzene rings is 2. The van der Waals surface area contributed by atoms with E-state index < -0.39 is 23.5 Å². The fourth-order valence-corrected chi connectivity index (χ4v) is 3.74. The van der Waals surface area contributed by atoms with Crippen LogP contribution in [-0.4, -0.2) is 33.3 Å². The Morgan fingerprint density at radius 2 is 1.85 bits per heavy atom. The number of amides is 1. The molecule has 4 rings (SSSR count). The molecule has 0 unspecified atom stereocenters. The molecule has 0 spiro atoms. The van der Waals surface area contributed by atoms with Crippen LogP contribution in [0.25, 0.3) is 5.76 Å². The van der Waals surface area contributed by atoms with Crippen molar-refractivity contribution >= 4 is 17.4 Å². The number of aliphatic hydroxyl groups is 1. The van der Waals surface area contributed by atoms with Gasteiger partial charge in [0.15, 0.2) is 0 Å². The Bertz CT molecular complexity index is 1210. The number of nitrogens with zero attached hydrogens (tertiary/aromatic N) is 2. The topological polar surface area (TPSA) is 79.7 Å². The van der Waals surface area contributed by atoms with Crippen LogP contribution in [-0.2, 0) is 16.1 Å². The van der Waals surface area contributed by atoms with Crippen LogP contribution >= 0.6 is 0 Å². The van der Waals surface area contributed by atoms with Gasteiger partial charge in [-0.05, 0) is 53.6 Å². The molecule has 1 N–H and O–H groups in total. The predicted octanol–water partition coefficient (Wildman–Crippen LogP) is 4.41. The van der Waals surface area contributed by atoms with Crippen molar-refractivity contribution in [2.24, 2.45) is 0 Å². The summed E-state index contributed by atoms with van der Waals surface area (Å²) in [5.41, 5.74) is 1.52. The smallest absolute Gasteiger partial charge is 0.295 e. The molecule has 1 aliphatic rings. The zero-order chi connectivity index (χ0) is 23.4. The number of likely N-dealkylation sites (tertiary alicyclic amines) is 1. The SMILES string of the molecule is C=CCOc1ccc(/C(O)=C2\C(=O)C(=O)N(Cc3cccnc3)[C@@H]2c2ccc(F)cc2)cc1. The number of aromatic nitrogens is 1. The van der Waals surface area contributed by atoms with Gasteiger partial charge in [0.2, 0.25) is 0 Å². The largest absolute Gasteiger partial charge is 0.507 e. The van der Waals surface area contributed by atoms with Gasteiger partial charge in [0, 0.05) is 24.5 Å². The van der Waals surface area contributed by atoms with Crippen molar-refractivity contribution in [1.29, 1.82) is 0 Å². The molecule has 166 valence electrons. The molecule has 2 heterocycles. The van der Waals surface area contributed by atoms with E-state index in [9.17, 15) is 19.1 Å². The highest BCUT2D eigenvalue weighted by atomic mass is 19.1. The van der Waals surface area contributed by atoms with Crippen LogP contribution in [0.2, 0.25) is 0 Å². The molecule has 1 aromatic heterocycles. The molecule has 1 amide bonds. The van der Waals surface area contributed by atoms with Crippen LogP contribution in [0.1, 0.15) is 22.7 Å². The quantitative estimate of drug-likeness (QED) is 0.253. The molecule has 0 radical (unpaired) electrons. The number of pyridine rings is 1. The summed E-state index contributed by atoms with van der Waals surface area (Å²) in [5, 5.41) is 11.1. The van der Waals surface area contributed by atoms with Crippen molar-refractivity contribution < 1.29 is 23.8 Å². The van der Waals surface area contributed by atoms with Gasteiger partial charge < -0.3 is 14.7 Å². The second-order valence-electron chi connectivity index (χ2n) is 7.46. The van der Waals surface area contributed by atoms with Crippen molar-refractivity contribution in [3.8, 4) is 5.75 Å². The number of hydrogen-bond donors (Lipinski definition) is 1. The molecule has 1 atom stereocenters. The minimum absolute atomic E-state index is 0.0599. The second-order valence-corrected chi connectivity index (χ2v) is 7.46. The number of hydrogen-bond acceptors (Lipinski definition) is 5. The van der Waals surface area contributed by atoms with Crippen molar-refractivity contribution in [2.75, 3.05) is 6.61 Å². The number of halogens is 1. The molecule has 1 saturated heterocycles. The van der Waals surface area contributed by atoms with Crippen molar-refractivity contribution in [2.45, 2.75) is 12.6 Å². The van der Waals surface area contributed by atoms with Crippen LogP contribution in [0.5, 0.6) is 5.75 Å². The molecule has 33 heavy (non-hydrogen) atoms. The third-order valence-electron chi connectivity index (χ3n) is 5.30. The van der Waals surface area contributed by atoms with Gasteiger partial charge in [-0.25, -0.2) is 4.39 Å². The van der Waals surface area contributed by atoms with Crippen LogP contribution < -0.4 is 4.74 Å². The highest BCUT2D eigenvalue weighted by Crippen LogP contribution is 2.40. The first-order valence-electron chi connectivity index (χ1n) is 10.3. The molecule has 1 aliphatic heterocycles. The Morgan fingerprint density at radius 1 is 1.12 bits per heavy atom. The molecule has 3 aromatic rings. The average Bonchev–Trinajstić information content (AvgIpc) is 3.08. The first-order valence-corrected chi connectivity index (χ1v) is 10.3. The Kier molecular flexibility index (Phi) is 6.31. The number of ketones is 1. The maximum Gasteiger partial charge on any atom is 0.295 e. The van der Waals surface area contributed by atoms with E-state index in [1.165, 1.54) is 29.2 Å². The van der Waals surface area contributed by atoms with Crippen molar-refractivity contribution in [3.05, 3.63) is 114 Å². The van der Waals surface area contributed by atoms with E-state index in [1.807, 2.05) is 0 Å². The Morgan fingerprint density at radius 3 is 2.48 bits per heavy atom. The first-order chi connectivity index (χ1) is 16.0. The number of ether oxygens (including phenoxy) is 1. The van der Waals surface area contributed by atoms with Crippen LogP contribution in [0.4, 0.5) is 4.39 Å². The van der Waals surface area contributed by atoms with E-state index in [-0.39, 0.29) is 17.9 Å².